The third kappa shape index (κ3) is 5.30. The summed E-state index contributed by atoms with van der Waals surface area (Å²) in [5.74, 6) is -3.97. The molecule has 4 N–H and O–H groups in total. The van der Waals surface area contributed by atoms with Crippen molar-refractivity contribution in [3.05, 3.63) is 0 Å². The van der Waals surface area contributed by atoms with Crippen molar-refractivity contribution in [2.45, 2.75) is 50.5 Å². The molecule has 0 bridgehead atoms. The van der Waals surface area contributed by atoms with Gasteiger partial charge in [0.15, 0.2) is 0 Å². The van der Waals surface area contributed by atoms with E-state index in [1.54, 1.807) is 4.90 Å². The van der Waals surface area contributed by atoms with E-state index >= 15 is 0 Å². The molecule has 2 rings (SSSR count). The van der Waals surface area contributed by atoms with Gasteiger partial charge in [0.25, 0.3) is 5.92 Å². The van der Waals surface area contributed by atoms with E-state index in [1.807, 2.05) is 0 Å². The fourth-order valence-corrected chi connectivity index (χ4v) is 3.14. The maximum Gasteiger partial charge on any atom is 0.317 e. The lowest BCUT2D eigenvalue weighted by Crippen LogP contribution is -2.51. The average molecular weight is 332 g/mol. The zero-order chi connectivity index (χ0) is 16.9. The second kappa shape index (κ2) is 7.90. The van der Waals surface area contributed by atoms with Crippen LogP contribution in [0, 0.1) is 5.92 Å². The topological polar surface area (TPSA) is 87.5 Å². The minimum absolute atomic E-state index is 0.151. The molecule has 0 radical (unpaired) electrons. The van der Waals surface area contributed by atoms with E-state index in [-0.39, 0.29) is 18.6 Å². The zero-order valence-electron chi connectivity index (χ0n) is 13.3. The predicted molar refractivity (Wildman–Crippen MR) is 82.1 cm³/mol. The smallest absolute Gasteiger partial charge is 0.317 e. The molecule has 1 unspecified atom stereocenters. The number of hydrogen-bond acceptors (Lipinski definition) is 3. The fourth-order valence-electron chi connectivity index (χ4n) is 3.14. The molecule has 1 saturated carbocycles. The van der Waals surface area contributed by atoms with Gasteiger partial charge >= 0.3 is 6.03 Å². The van der Waals surface area contributed by atoms with Gasteiger partial charge in [-0.05, 0) is 25.7 Å². The van der Waals surface area contributed by atoms with Crippen LogP contribution >= 0.6 is 0 Å². The molecule has 1 saturated heterocycles. The summed E-state index contributed by atoms with van der Waals surface area (Å²) in [6.45, 7) is -0.680. The van der Waals surface area contributed by atoms with Crippen LogP contribution in [0.3, 0.4) is 0 Å². The lowest BCUT2D eigenvalue weighted by molar-refractivity contribution is -0.128. The van der Waals surface area contributed by atoms with Gasteiger partial charge in [-0.2, -0.15) is 0 Å². The second-order valence-electron chi connectivity index (χ2n) is 6.49. The Morgan fingerprint density at radius 3 is 2.52 bits per heavy atom. The minimum atomic E-state index is -3.09. The largest absolute Gasteiger partial charge is 0.350 e. The number of carbonyl (C=O) groups is 2. The van der Waals surface area contributed by atoms with Crippen LogP contribution in [0.1, 0.15) is 38.5 Å². The third-order valence-electron chi connectivity index (χ3n) is 4.58. The molecule has 1 heterocycles. The molecule has 1 aliphatic heterocycles. The first-order chi connectivity index (χ1) is 10.9. The summed E-state index contributed by atoms with van der Waals surface area (Å²) in [4.78, 5) is 25.9. The van der Waals surface area contributed by atoms with Crippen molar-refractivity contribution in [3.63, 3.8) is 0 Å². The molecular formula is C15H26F2N4O2. The number of urea groups is 1. The van der Waals surface area contributed by atoms with Crippen molar-refractivity contribution < 1.29 is 18.4 Å². The van der Waals surface area contributed by atoms with Gasteiger partial charge in [0.05, 0.1) is 19.0 Å². The van der Waals surface area contributed by atoms with Crippen LogP contribution in [0.5, 0.6) is 0 Å². The van der Waals surface area contributed by atoms with Crippen molar-refractivity contribution >= 4 is 11.9 Å². The lowest BCUT2D eigenvalue weighted by atomic mass is 9.97. The number of halogens is 2. The Kier molecular flexibility index (Phi) is 6.15. The molecule has 8 heteroatoms. The number of nitrogens with one attached hydrogen (secondary N) is 2. The van der Waals surface area contributed by atoms with E-state index in [0.717, 1.165) is 25.7 Å². The molecule has 2 aliphatic rings. The van der Waals surface area contributed by atoms with Crippen LogP contribution in [0.25, 0.3) is 0 Å². The fraction of sp³-hybridized carbons (Fsp3) is 0.867. The molecule has 1 aliphatic carbocycles. The molecule has 0 spiro atoms. The number of carbonyl (C=O) groups excluding carboxylic acids is 2. The van der Waals surface area contributed by atoms with Crippen LogP contribution in [0.15, 0.2) is 0 Å². The van der Waals surface area contributed by atoms with Crippen molar-refractivity contribution in [1.82, 2.24) is 15.5 Å². The number of nitrogens with two attached hydrogens (primary N) is 1. The van der Waals surface area contributed by atoms with Gasteiger partial charge in [0.2, 0.25) is 5.91 Å². The summed E-state index contributed by atoms with van der Waals surface area (Å²) in [5, 5.41) is 5.24. The second-order valence-corrected chi connectivity index (χ2v) is 6.49. The highest BCUT2D eigenvalue weighted by Crippen LogP contribution is 2.20. The average Bonchev–Trinajstić information content (AvgIpc) is 3.05. The minimum Gasteiger partial charge on any atom is -0.350 e. The van der Waals surface area contributed by atoms with E-state index < -0.39 is 30.8 Å². The lowest BCUT2D eigenvalue weighted by Gasteiger charge is -2.33. The number of alkyl halides is 2. The molecule has 1 atom stereocenters. The predicted octanol–water partition coefficient (Wildman–Crippen LogP) is 1.06. The standard InChI is InChI=1S/C15H26F2N4O2/c16-15(17,9-18)10-19-13(22)11-4-3-7-21(8-11)14(23)20-12-5-1-2-6-12/h11-12H,1-10,18H2,(H,19,22)(H,20,23). The van der Waals surface area contributed by atoms with Crippen molar-refractivity contribution in [2.24, 2.45) is 11.7 Å². The van der Waals surface area contributed by atoms with Gasteiger partial charge in [-0.25, -0.2) is 13.6 Å². The van der Waals surface area contributed by atoms with Crippen LogP contribution < -0.4 is 16.4 Å². The Morgan fingerprint density at radius 1 is 1.17 bits per heavy atom. The first-order valence-electron chi connectivity index (χ1n) is 8.32. The molecule has 6 nitrogen and oxygen atoms in total. The number of piperidine rings is 1. The highest BCUT2D eigenvalue weighted by atomic mass is 19.3. The van der Waals surface area contributed by atoms with Crippen molar-refractivity contribution in [1.29, 1.82) is 0 Å². The normalized spacial score (nSPS) is 22.9. The number of likely N-dealkylation sites (tertiary alicyclic amines) is 1. The molecule has 3 amide bonds. The molecule has 23 heavy (non-hydrogen) atoms. The Balaban J connectivity index is 1.80. The Bertz CT molecular complexity index is 428. The number of rotatable bonds is 5. The molecule has 0 aromatic heterocycles. The van der Waals surface area contributed by atoms with Gasteiger partial charge in [0.1, 0.15) is 0 Å². The summed E-state index contributed by atoms with van der Waals surface area (Å²) in [7, 11) is 0. The van der Waals surface area contributed by atoms with Crippen LogP contribution in [0.4, 0.5) is 13.6 Å². The Morgan fingerprint density at radius 2 is 1.87 bits per heavy atom. The summed E-state index contributed by atoms with van der Waals surface area (Å²) >= 11 is 0. The first-order valence-corrected chi connectivity index (χ1v) is 8.32. The van der Waals surface area contributed by atoms with Crippen LogP contribution in [0.2, 0.25) is 0 Å². The van der Waals surface area contributed by atoms with Gasteiger partial charge in [-0.1, -0.05) is 12.8 Å². The summed E-state index contributed by atoms with van der Waals surface area (Å²) in [6.07, 6.45) is 5.56. The summed E-state index contributed by atoms with van der Waals surface area (Å²) in [6, 6.07) is 0.0710. The van der Waals surface area contributed by atoms with E-state index in [4.69, 9.17) is 5.73 Å². The van der Waals surface area contributed by atoms with Crippen LogP contribution in [-0.2, 0) is 4.79 Å². The quantitative estimate of drug-likeness (QED) is 0.703. The monoisotopic (exact) mass is 332 g/mol. The molecule has 2 fully saturated rings. The van der Waals surface area contributed by atoms with Gasteiger partial charge in [0, 0.05) is 19.1 Å². The molecule has 132 valence electrons. The maximum atomic E-state index is 13.1. The summed E-state index contributed by atoms with van der Waals surface area (Å²) < 4.78 is 26.2. The van der Waals surface area contributed by atoms with E-state index in [9.17, 15) is 18.4 Å². The highest BCUT2D eigenvalue weighted by molar-refractivity contribution is 5.81. The van der Waals surface area contributed by atoms with Gasteiger partial charge < -0.3 is 21.3 Å². The van der Waals surface area contributed by atoms with E-state index in [0.29, 0.717) is 19.4 Å². The van der Waals surface area contributed by atoms with E-state index in [1.165, 1.54) is 0 Å². The molecule has 0 aromatic rings. The van der Waals surface area contributed by atoms with Crippen LogP contribution in [-0.4, -0.2) is 55.0 Å². The maximum absolute atomic E-state index is 13.1. The number of amides is 3. The number of nitrogens with zero attached hydrogens (tertiary/aromatic N) is 1. The number of hydrogen-bond donors (Lipinski definition) is 3. The molecular weight excluding hydrogens is 306 g/mol. The van der Waals surface area contributed by atoms with E-state index in [2.05, 4.69) is 10.6 Å². The van der Waals surface area contributed by atoms with Gasteiger partial charge in [-0.15, -0.1) is 0 Å². The van der Waals surface area contributed by atoms with Crippen molar-refractivity contribution in [3.8, 4) is 0 Å². The first kappa shape index (κ1) is 17.9. The van der Waals surface area contributed by atoms with Gasteiger partial charge in [-0.3, -0.25) is 4.79 Å². The summed E-state index contributed by atoms with van der Waals surface area (Å²) in [5.41, 5.74) is 4.95. The van der Waals surface area contributed by atoms with Crippen molar-refractivity contribution in [2.75, 3.05) is 26.2 Å². The SMILES string of the molecule is NCC(F)(F)CNC(=O)C1CCCN(C(=O)NC2CCCC2)C1. The Hall–Kier alpha value is -1.44. The third-order valence-corrected chi connectivity index (χ3v) is 4.58. The Labute approximate surface area is 135 Å². The highest BCUT2D eigenvalue weighted by Gasteiger charge is 2.32. The zero-order valence-corrected chi connectivity index (χ0v) is 13.3. The molecule has 0 aromatic carbocycles.